The molecule has 2 atom stereocenters. The van der Waals surface area contributed by atoms with Gasteiger partial charge in [0.15, 0.2) is 17.7 Å². The fourth-order valence-corrected chi connectivity index (χ4v) is 3.52. The van der Waals surface area contributed by atoms with Crippen molar-refractivity contribution in [2.75, 3.05) is 7.11 Å². The number of hydrogen-bond acceptors (Lipinski definition) is 4. The lowest BCUT2D eigenvalue weighted by Gasteiger charge is -2.40. The van der Waals surface area contributed by atoms with Gasteiger partial charge in [0.25, 0.3) is 0 Å². The first-order valence-electron chi connectivity index (χ1n) is 8.44. The smallest absolute Gasteiger partial charge is 0.190 e. The Kier molecular flexibility index (Phi) is 3.68. The van der Waals surface area contributed by atoms with Gasteiger partial charge in [-0.2, -0.15) is 5.10 Å². The molecule has 2 heterocycles. The highest BCUT2D eigenvalue weighted by atomic mass is 16.5. The van der Waals surface area contributed by atoms with E-state index in [4.69, 9.17) is 14.6 Å². The summed E-state index contributed by atoms with van der Waals surface area (Å²) in [7, 11) is 1.69. The SMILES string of the molecule is COc1cccc2c1O[C@@H](C(C)C)N1N=C(c3ccccc3)C[C@@H]21. The molecule has 0 saturated carbocycles. The molecule has 0 bridgehead atoms. The quantitative estimate of drug-likeness (QED) is 0.848. The van der Waals surface area contributed by atoms with Gasteiger partial charge in [-0.15, -0.1) is 0 Å². The minimum Gasteiger partial charge on any atom is -0.493 e. The summed E-state index contributed by atoms with van der Waals surface area (Å²) in [4.78, 5) is 0. The van der Waals surface area contributed by atoms with Gasteiger partial charge < -0.3 is 9.47 Å². The average Bonchev–Trinajstić information content (AvgIpc) is 3.06. The van der Waals surface area contributed by atoms with Crippen LogP contribution in [-0.2, 0) is 0 Å². The van der Waals surface area contributed by atoms with Gasteiger partial charge in [0.1, 0.15) is 0 Å². The molecule has 2 aromatic rings. The molecule has 24 heavy (non-hydrogen) atoms. The summed E-state index contributed by atoms with van der Waals surface area (Å²) in [5.74, 6) is 1.99. The summed E-state index contributed by atoms with van der Waals surface area (Å²) in [5.41, 5.74) is 3.45. The Balaban J connectivity index is 1.78. The van der Waals surface area contributed by atoms with Gasteiger partial charge in [-0.1, -0.05) is 56.3 Å². The van der Waals surface area contributed by atoms with E-state index in [1.54, 1.807) is 7.11 Å². The third-order valence-corrected chi connectivity index (χ3v) is 4.71. The maximum Gasteiger partial charge on any atom is 0.190 e. The summed E-state index contributed by atoms with van der Waals surface area (Å²) >= 11 is 0. The van der Waals surface area contributed by atoms with E-state index in [9.17, 15) is 0 Å². The molecule has 0 aliphatic carbocycles. The van der Waals surface area contributed by atoms with Crippen molar-refractivity contribution in [3.63, 3.8) is 0 Å². The van der Waals surface area contributed by atoms with Gasteiger partial charge in [-0.3, -0.25) is 0 Å². The van der Waals surface area contributed by atoms with Crippen molar-refractivity contribution in [3.8, 4) is 11.5 Å². The van der Waals surface area contributed by atoms with Crippen LogP contribution in [-0.4, -0.2) is 24.1 Å². The molecule has 0 saturated heterocycles. The maximum atomic E-state index is 6.31. The van der Waals surface area contributed by atoms with E-state index < -0.39 is 0 Å². The van der Waals surface area contributed by atoms with Crippen molar-refractivity contribution in [2.24, 2.45) is 11.0 Å². The van der Waals surface area contributed by atoms with Crippen molar-refractivity contribution in [1.29, 1.82) is 0 Å². The molecule has 4 heteroatoms. The largest absolute Gasteiger partial charge is 0.493 e. The van der Waals surface area contributed by atoms with Gasteiger partial charge in [0.2, 0.25) is 0 Å². The van der Waals surface area contributed by atoms with Crippen LogP contribution >= 0.6 is 0 Å². The normalized spacial score (nSPS) is 21.8. The average molecular weight is 322 g/mol. The highest BCUT2D eigenvalue weighted by Gasteiger charge is 2.42. The summed E-state index contributed by atoms with van der Waals surface area (Å²) in [5, 5.41) is 7.06. The standard InChI is InChI=1S/C20H22N2O2/c1-13(2)20-22-17(12-16(21-22)14-8-5-4-6-9-14)15-10-7-11-18(23-3)19(15)24-20/h4-11,13,17,20H,12H2,1-3H3/t17-,20-/m0/s1. The van der Waals surface area contributed by atoms with Crippen LogP contribution in [0.1, 0.15) is 37.4 Å². The molecule has 2 aliphatic heterocycles. The zero-order valence-corrected chi connectivity index (χ0v) is 14.3. The molecular formula is C20H22N2O2. The van der Waals surface area contributed by atoms with Crippen molar-refractivity contribution in [2.45, 2.75) is 32.5 Å². The highest BCUT2D eigenvalue weighted by Crippen LogP contribution is 2.47. The maximum absolute atomic E-state index is 6.31. The molecule has 4 nitrogen and oxygen atoms in total. The predicted molar refractivity (Wildman–Crippen MR) is 94.4 cm³/mol. The Bertz CT molecular complexity index is 770. The van der Waals surface area contributed by atoms with Crippen molar-refractivity contribution in [1.82, 2.24) is 5.01 Å². The molecule has 124 valence electrons. The summed E-state index contributed by atoms with van der Waals surface area (Å²) in [6.07, 6.45) is 0.802. The Morgan fingerprint density at radius 3 is 2.62 bits per heavy atom. The second-order valence-corrected chi connectivity index (χ2v) is 6.64. The number of methoxy groups -OCH3 is 1. The third kappa shape index (κ3) is 2.33. The Hall–Kier alpha value is -2.49. The molecular weight excluding hydrogens is 300 g/mol. The highest BCUT2D eigenvalue weighted by molar-refractivity contribution is 6.01. The molecule has 0 unspecified atom stereocenters. The van der Waals surface area contributed by atoms with Crippen LogP contribution in [0.3, 0.4) is 0 Å². The van der Waals surface area contributed by atoms with Crippen molar-refractivity contribution < 1.29 is 9.47 Å². The van der Waals surface area contributed by atoms with E-state index in [0.717, 1.165) is 29.2 Å². The van der Waals surface area contributed by atoms with E-state index in [2.05, 4.69) is 49.2 Å². The van der Waals surface area contributed by atoms with E-state index in [1.807, 2.05) is 18.2 Å². The second-order valence-electron chi connectivity index (χ2n) is 6.64. The number of para-hydroxylation sites is 1. The summed E-state index contributed by atoms with van der Waals surface area (Å²) in [6, 6.07) is 16.7. The van der Waals surface area contributed by atoms with E-state index in [-0.39, 0.29) is 12.3 Å². The van der Waals surface area contributed by atoms with E-state index >= 15 is 0 Å². The Morgan fingerprint density at radius 1 is 1.12 bits per heavy atom. The van der Waals surface area contributed by atoms with Crippen molar-refractivity contribution in [3.05, 3.63) is 59.7 Å². The number of hydrogen-bond donors (Lipinski definition) is 0. The Morgan fingerprint density at radius 2 is 1.92 bits per heavy atom. The van der Waals surface area contributed by atoms with Crippen LogP contribution in [0.5, 0.6) is 11.5 Å². The molecule has 0 N–H and O–H groups in total. The van der Waals surface area contributed by atoms with Crippen LogP contribution in [0.25, 0.3) is 0 Å². The first-order valence-corrected chi connectivity index (χ1v) is 8.44. The molecule has 0 radical (unpaired) electrons. The second kappa shape index (κ2) is 5.86. The van der Waals surface area contributed by atoms with Crippen LogP contribution in [0, 0.1) is 5.92 Å². The number of ether oxygens (including phenoxy) is 2. The molecule has 0 spiro atoms. The van der Waals surface area contributed by atoms with E-state index in [0.29, 0.717) is 5.92 Å². The van der Waals surface area contributed by atoms with E-state index in [1.165, 1.54) is 5.56 Å². The summed E-state index contributed by atoms with van der Waals surface area (Å²) < 4.78 is 11.8. The van der Waals surface area contributed by atoms with Gasteiger partial charge in [-0.25, -0.2) is 5.01 Å². The first-order chi connectivity index (χ1) is 11.7. The van der Waals surface area contributed by atoms with Gasteiger partial charge in [0.05, 0.1) is 18.9 Å². The zero-order valence-electron chi connectivity index (χ0n) is 14.3. The minimum absolute atomic E-state index is 0.0833. The predicted octanol–water partition coefficient (Wildman–Crippen LogP) is 4.22. The zero-order chi connectivity index (χ0) is 16.7. The number of benzene rings is 2. The first kappa shape index (κ1) is 15.1. The van der Waals surface area contributed by atoms with Crippen LogP contribution in [0.15, 0.2) is 53.6 Å². The van der Waals surface area contributed by atoms with Gasteiger partial charge >= 0.3 is 0 Å². The lowest BCUT2D eigenvalue weighted by Crippen LogP contribution is -2.43. The summed E-state index contributed by atoms with van der Waals surface area (Å²) in [6.45, 7) is 4.33. The topological polar surface area (TPSA) is 34.1 Å². The third-order valence-electron chi connectivity index (χ3n) is 4.71. The number of rotatable bonds is 3. The lowest BCUT2D eigenvalue weighted by atomic mass is 9.95. The molecule has 0 aromatic heterocycles. The fourth-order valence-electron chi connectivity index (χ4n) is 3.52. The fraction of sp³-hybridized carbons (Fsp3) is 0.350. The number of nitrogens with zero attached hydrogens (tertiary/aromatic N) is 2. The molecule has 2 aliphatic rings. The van der Waals surface area contributed by atoms with Crippen molar-refractivity contribution >= 4 is 5.71 Å². The van der Waals surface area contributed by atoms with Crippen LogP contribution in [0.4, 0.5) is 0 Å². The molecule has 4 rings (SSSR count). The number of fused-ring (bicyclic) bond motifs is 3. The minimum atomic E-state index is -0.0833. The number of hydrazone groups is 1. The molecule has 0 amide bonds. The lowest BCUT2D eigenvalue weighted by molar-refractivity contribution is -0.0476. The van der Waals surface area contributed by atoms with Gasteiger partial charge in [0, 0.05) is 17.9 Å². The van der Waals surface area contributed by atoms with Gasteiger partial charge in [-0.05, 0) is 11.6 Å². The Labute approximate surface area is 142 Å². The van der Waals surface area contributed by atoms with Crippen LogP contribution < -0.4 is 9.47 Å². The molecule has 2 aromatic carbocycles. The monoisotopic (exact) mass is 322 g/mol. The molecule has 0 fully saturated rings. The van der Waals surface area contributed by atoms with Crippen LogP contribution in [0.2, 0.25) is 0 Å².